The molecule has 0 radical (unpaired) electrons. The molecule has 3 nitrogen and oxygen atoms in total. The molecule has 334 valence electrons. The van der Waals surface area contributed by atoms with E-state index in [9.17, 15) is 0 Å². The Kier molecular flexibility index (Phi) is 34.5. The van der Waals surface area contributed by atoms with Gasteiger partial charge in [-0.2, -0.15) is 0 Å². The lowest BCUT2D eigenvalue weighted by atomic mass is 9.98. The molecule has 3 aromatic carbocycles. The molecule has 0 bridgehead atoms. The van der Waals surface area contributed by atoms with Crippen molar-refractivity contribution in [2.45, 2.75) is 94.4 Å². The molecule has 0 aliphatic heterocycles. The van der Waals surface area contributed by atoms with Crippen molar-refractivity contribution in [1.29, 1.82) is 5.41 Å². The molecule has 3 heteroatoms. The van der Waals surface area contributed by atoms with Gasteiger partial charge < -0.3 is 15.7 Å². The van der Waals surface area contributed by atoms with Gasteiger partial charge in [-0.3, -0.25) is 0 Å². The van der Waals surface area contributed by atoms with Crippen LogP contribution in [0.5, 0.6) is 0 Å². The van der Waals surface area contributed by atoms with E-state index in [0.29, 0.717) is 5.71 Å². The van der Waals surface area contributed by atoms with Crippen LogP contribution in [0.15, 0.2) is 219 Å². The second kappa shape index (κ2) is 38.5. The Morgan fingerprint density at radius 1 is 0.762 bits per heavy atom. The predicted molar refractivity (Wildman–Crippen MR) is 285 cm³/mol. The molecule has 1 aliphatic carbocycles. The van der Waals surface area contributed by atoms with Gasteiger partial charge in [0.1, 0.15) is 0 Å². The molecular weight excluding hydrogens is 763 g/mol. The van der Waals surface area contributed by atoms with Crippen molar-refractivity contribution in [2.24, 2.45) is 11.7 Å². The molecule has 5 rings (SSSR count). The SMILES string of the molecule is C/C=C\C=C/c1cccc(/C(=C/C(=N)c2ccccc2)CCCC)cccn1-c1ccc(C)cc1.C=C/C=C(N)\C=C/C.C=CCC.CC.CC1C=CC=CC1.Cc1ccccc1. The molecule has 1 heterocycles. The number of allylic oxidation sites excluding steroid dienone is 14. The van der Waals surface area contributed by atoms with E-state index >= 15 is 0 Å². The Labute approximate surface area is 384 Å². The first-order valence-corrected chi connectivity index (χ1v) is 22.6. The second-order valence-electron chi connectivity index (χ2n) is 14.3. The number of unbranched alkanes of at least 4 members (excludes halogenated alkanes) is 1. The van der Waals surface area contributed by atoms with E-state index < -0.39 is 0 Å². The van der Waals surface area contributed by atoms with Gasteiger partial charge in [0, 0.05) is 23.3 Å². The van der Waals surface area contributed by atoms with E-state index in [1.54, 1.807) is 12.2 Å². The van der Waals surface area contributed by atoms with Gasteiger partial charge in [-0.15, -0.1) is 6.58 Å². The Balaban J connectivity index is 0.00000109. The van der Waals surface area contributed by atoms with Crippen molar-refractivity contribution < 1.29 is 0 Å². The lowest BCUT2D eigenvalue weighted by Crippen LogP contribution is -1.97. The van der Waals surface area contributed by atoms with Crippen LogP contribution in [0, 0.1) is 25.2 Å². The lowest BCUT2D eigenvalue weighted by molar-refractivity contribution is 0.737. The molecule has 1 atom stereocenters. The van der Waals surface area contributed by atoms with Crippen molar-refractivity contribution in [3.8, 4) is 5.69 Å². The summed E-state index contributed by atoms with van der Waals surface area (Å²) in [5.41, 5.74) is 14.7. The Bertz CT molecular complexity index is 2080. The minimum atomic E-state index is 0.543. The van der Waals surface area contributed by atoms with Gasteiger partial charge in [0.25, 0.3) is 0 Å². The highest BCUT2D eigenvalue weighted by atomic mass is 15.0. The predicted octanol–water partition coefficient (Wildman–Crippen LogP) is 17.5. The maximum atomic E-state index is 8.66. The lowest BCUT2D eigenvalue weighted by Gasteiger charge is -2.09. The fourth-order valence-electron chi connectivity index (χ4n) is 5.43. The van der Waals surface area contributed by atoms with Crippen LogP contribution in [0.4, 0.5) is 0 Å². The van der Waals surface area contributed by atoms with E-state index in [0.717, 1.165) is 59.8 Å². The molecular formula is C60H79N3. The van der Waals surface area contributed by atoms with Gasteiger partial charge in [-0.05, 0) is 125 Å². The average molecular weight is 842 g/mol. The summed E-state index contributed by atoms with van der Waals surface area (Å²) in [6.45, 7) is 25.6. The van der Waals surface area contributed by atoms with E-state index in [-0.39, 0.29) is 0 Å². The summed E-state index contributed by atoms with van der Waals surface area (Å²) < 4.78 is 2.20. The number of aromatic nitrogens is 1. The highest BCUT2D eigenvalue weighted by Crippen LogP contribution is 2.22. The Morgan fingerprint density at radius 3 is 1.86 bits per heavy atom. The van der Waals surface area contributed by atoms with Crippen LogP contribution >= 0.6 is 0 Å². The Morgan fingerprint density at radius 2 is 1.37 bits per heavy atom. The summed E-state index contributed by atoms with van der Waals surface area (Å²) in [4.78, 5) is 0. The topological polar surface area (TPSA) is 54.8 Å². The Hall–Kier alpha value is -6.45. The number of hydrogen-bond donors (Lipinski definition) is 2. The minimum Gasteiger partial charge on any atom is -0.399 e. The first-order chi connectivity index (χ1) is 30.6. The summed E-state index contributed by atoms with van der Waals surface area (Å²) in [7, 11) is 0. The smallest absolute Gasteiger partial charge is 0.0615 e. The molecule has 1 aliphatic rings. The third kappa shape index (κ3) is 27.9. The molecule has 4 aromatic rings. The van der Waals surface area contributed by atoms with E-state index in [4.69, 9.17) is 11.1 Å². The molecule has 0 amide bonds. The second-order valence-corrected chi connectivity index (χ2v) is 14.3. The van der Waals surface area contributed by atoms with Crippen LogP contribution < -0.4 is 5.73 Å². The summed E-state index contributed by atoms with van der Waals surface area (Å²) in [6.07, 6.45) is 35.5. The van der Waals surface area contributed by atoms with Crippen LogP contribution in [-0.2, 0) is 0 Å². The summed E-state index contributed by atoms with van der Waals surface area (Å²) in [5, 5.41) is 8.66. The fraction of sp³-hybridized carbons (Fsp3) is 0.250. The van der Waals surface area contributed by atoms with Crippen LogP contribution in [0.3, 0.4) is 0 Å². The highest BCUT2D eigenvalue weighted by molar-refractivity contribution is 6.10. The molecule has 0 fully saturated rings. The number of nitrogens with zero attached hydrogens (tertiary/aromatic N) is 1. The maximum Gasteiger partial charge on any atom is 0.0615 e. The molecule has 1 aromatic heterocycles. The van der Waals surface area contributed by atoms with E-state index in [1.165, 1.54) is 23.1 Å². The molecule has 1 unspecified atom stereocenters. The van der Waals surface area contributed by atoms with Crippen LogP contribution in [0.1, 0.15) is 109 Å². The number of nitrogens with one attached hydrogen (secondary N) is 1. The summed E-state index contributed by atoms with van der Waals surface area (Å²) in [5.74, 6) is 0.769. The number of nitrogens with two attached hydrogens (primary N) is 1. The normalized spacial score (nSPS) is 12.7. The maximum absolute atomic E-state index is 8.66. The zero-order valence-electron chi connectivity index (χ0n) is 40.2. The summed E-state index contributed by atoms with van der Waals surface area (Å²) in [6, 6.07) is 39.5. The molecule has 0 saturated heterocycles. The number of benzene rings is 3. The van der Waals surface area contributed by atoms with Gasteiger partial charge >= 0.3 is 0 Å². The third-order valence-electron chi connectivity index (χ3n) is 8.88. The molecule has 3 N–H and O–H groups in total. The fourth-order valence-corrected chi connectivity index (χ4v) is 5.43. The average Bonchev–Trinajstić information content (AvgIpc) is 3.41. The van der Waals surface area contributed by atoms with E-state index in [1.807, 2.05) is 113 Å². The van der Waals surface area contributed by atoms with E-state index in [2.05, 4.69) is 162 Å². The molecule has 63 heavy (non-hydrogen) atoms. The largest absolute Gasteiger partial charge is 0.399 e. The first kappa shape index (κ1) is 56.5. The number of aryl methyl sites for hydroxylation is 2. The number of hydrogen-bond acceptors (Lipinski definition) is 2. The monoisotopic (exact) mass is 842 g/mol. The van der Waals surface area contributed by atoms with Crippen molar-refractivity contribution in [3.05, 3.63) is 247 Å². The number of rotatable bonds is 12. The van der Waals surface area contributed by atoms with Gasteiger partial charge in [0.2, 0.25) is 0 Å². The van der Waals surface area contributed by atoms with Gasteiger partial charge in [0.05, 0.1) is 5.71 Å². The van der Waals surface area contributed by atoms with Gasteiger partial charge in [-0.1, -0.05) is 211 Å². The zero-order chi connectivity index (χ0) is 46.9. The molecule has 0 saturated carbocycles. The van der Waals surface area contributed by atoms with Crippen LogP contribution in [0.25, 0.3) is 17.3 Å². The van der Waals surface area contributed by atoms with Crippen LogP contribution in [-0.4, -0.2) is 10.3 Å². The van der Waals surface area contributed by atoms with Crippen molar-refractivity contribution >= 4 is 17.4 Å². The van der Waals surface area contributed by atoms with Crippen LogP contribution in [0.2, 0.25) is 0 Å². The summed E-state index contributed by atoms with van der Waals surface area (Å²) >= 11 is 0. The van der Waals surface area contributed by atoms with Crippen molar-refractivity contribution in [1.82, 2.24) is 4.57 Å². The van der Waals surface area contributed by atoms with Gasteiger partial charge in [-0.25, -0.2) is 0 Å². The zero-order valence-corrected chi connectivity index (χ0v) is 40.2. The highest BCUT2D eigenvalue weighted by Gasteiger charge is 2.05. The molecule has 0 spiro atoms. The van der Waals surface area contributed by atoms with Crippen molar-refractivity contribution in [2.75, 3.05) is 0 Å². The van der Waals surface area contributed by atoms with Gasteiger partial charge in [0.15, 0.2) is 0 Å². The minimum absolute atomic E-state index is 0.543. The van der Waals surface area contributed by atoms with Crippen molar-refractivity contribution in [3.63, 3.8) is 0 Å². The third-order valence-corrected chi connectivity index (χ3v) is 8.88. The quantitative estimate of drug-likeness (QED) is 0.0833. The first-order valence-electron chi connectivity index (χ1n) is 22.6. The standard InChI is InChI=1S/C33H36N2.C7H11N.C7H10.C7H8.C4H8.C2H6/c1-4-6-9-19-31-20-12-17-28(18-13-25-35(31)32-23-21-27(3)22-24-32)30(14-7-5-2)26-33(34)29-15-10-8-11-16-29;1-3-5-7(8)6-4-2;2*1-7-5-3-2-4-6-7;1-3-4-2;1-2/h4,6,8-13,15-26,34H,5,7,14H2,1-3H3;3-6H,1,8H2,2H3;2-5,7H,6H2,1H3;2-6H,1H3;3H,1,4H2,2H3;1-2H3/b6-4-,17-12?,19-9-,25-13?,28-18?,30-26+,31-20?,34-33?;6-4-,7-5+;;;;.